The number of nitrogens with zero attached hydrogens (tertiary/aromatic N) is 2. The van der Waals surface area contributed by atoms with Gasteiger partial charge in [0.25, 0.3) is 6.20 Å². The molecule has 15 heavy (non-hydrogen) atoms. The summed E-state index contributed by atoms with van der Waals surface area (Å²) in [7, 11) is 1.62. The maximum absolute atomic E-state index is 10.2. The lowest BCUT2D eigenvalue weighted by Gasteiger charge is -2.05. The molecule has 0 spiro atoms. The van der Waals surface area contributed by atoms with Crippen molar-refractivity contribution in [1.29, 1.82) is 0 Å². The van der Waals surface area contributed by atoms with Crippen molar-refractivity contribution in [2.45, 2.75) is 6.54 Å². The molecule has 1 aromatic heterocycles. The number of hydrogen-bond donors (Lipinski definition) is 2. The Bertz CT molecular complexity index is 379. The van der Waals surface area contributed by atoms with Gasteiger partial charge in [-0.3, -0.25) is 10.1 Å². The summed E-state index contributed by atoms with van der Waals surface area (Å²) in [5.41, 5.74) is 0. The van der Waals surface area contributed by atoms with E-state index in [0.717, 1.165) is 15.0 Å². The van der Waals surface area contributed by atoms with Gasteiger partial charge in [-0.25, -0.2) is 4.98 Å². The van der Waals surface area contributed by atoms with Crippen molar-refractivity contribution in [2.75, 3.05) is 7.05 Å². The van der Waals surface area contributed by atoms with Gasteiger partial charge in [0.1, 0.15) is 0 Å². The normalized spacial score (nSPS) is 11.2. The molecule has 0 radical (unpaired) electrons. The highest BCUT2D eigenvalue weighted by Crippen LogP contribution is 2.18. The molecule has 0 aromatic carbocycles. The van der Waals surface area contributed by atoms with Gasteiger partial charge in [0.2, 0.25) is 0 Å². The van der Waals surface area contributed by atoms with Crippen LogP contribution in [0.1, 0.15) is 4.88 Å². The zero-order chi connectivity index (χ0) is 11.3. The molecule has 1 aromatic rings. The van der Waals surface area contributed by atoms with E-state index in [2.05, 4.69) is 31.5 Å². The first-order chi connectivity index (χ1) is 7.11. The third-order valence-corrected chi connectivity index (χ3v) is 2.96. The zero-order valence-corrected chi connectivity index (χ0v) is 10.3. The number of rotatable bonds is 5. The van der Waals surface area contributed by atoms with Crippen molar-refractivity contribution >= 4 is 27.3 Å². The standard InChI is InChI=1S/C7H9BrN4O2S/c1-9-6(4-12(13)14)10-2-5-3-11-7(8)15-5/h3-4,9-10H,2H2,1H3/b6-4+. The van der Waals surface area contributed by atoms with Gasteiger partial charge in [-0.1, -0.05) is 0 Å². The van der Waals surface area contributed by atoms with E-state index < -0.39 is 4.92 Å². The van der Waals surface area contributed by atoms with E-state index in [1.54, 1.807) is 13.2 Å². The third kappa shape index (κ3) is 4.26. The Balaban J connectivity index is 2.51. The molecule has 8 heteroatoms. The summed E-state index contributed by atoms with van der Waals surface area (Å²) in [5, 5.41) is 15.8. The van der Waals surface area contributed by atoms with Crippen LogP contribution in [-0.2, 0) is 6.54 Å². The SMILES string of the molecule is CN/C(=C\[N+](=O)[O-])NCc1cnc(Br)s1. The topological polar surface area (TPSA) is 80.1 Å². The maximum atomic E-state index is 10.2. The summed E-state index contributed by atoms with van der Waals surface area (Å²) < 4.78 is 0.795. The molecular formula is C7H9BrN4O2S. The highest BCUT2D eigenvalue weighted by atomic mass is 79.9. The van der Waals surface area contributed by atoms with Gasteiger partial charge >= 0.3 is 0 Å². The van der Waals surface area contributed by atoms with Gasteiger partial charge in [0.15, 0.2) is 9.74 Å². The first-order valence-corrected chi connectivity index (χ1v) is 5.60. The van der Waals surface area contributed by atoms with Crippen molar-refractivity contribution < 1.29 is 4.92 Å². The average Bonchev–Trinajstić information content (AvgIpc) is 2.58. The van der Waals surface area contributed by atoms with Crippen molar-refractivity contribution in [3.8, 4) is 0 Å². The fourth-order valence-corrected chi connectivity index (χ4v) is 2.15. The Labute approximate surface area is 98.7 Å². The first kappa shape index (κ1) is 11.9. The van der Waals surface area contributed by atoms with E-state index in [1.165, 1.54) is 11.3 Å². The summed E-state index contributed by atoms with van der Waals surface area (Å²) in [4.78, 5) is 14.7. The molecule has 0 atom stereocenters. The highest BCUT2D eigenvalue weighted by molar-refractivity contribution is 9.11. The van der Waals surface area contributed by atoms with Gasteiger partial charge < -0.3 is 10.6 Å². The number of aromatic nitrogens is 1. The van der Waals surface area contributed by atoms with Crippen LogP contribution < -0.4 is 10.6 Å². The number of hydrogen-bond acceptors (Lipinski definition) is 6. The lowest BCUT2D eigenvalue weighted by atomic mass is 10.5. The minimum atomic E-state index is -0.512. The monoisotopic (exact) mass is 292 g/mol. The predicted molar refractivity (Wildman–Crippen MR) is 60.8 cm³/mol. The second-order valence-electron chi connectivity index (χ2n) is 2.51. The fraction of sp³-hybridized carbons (Fsp3) is 0.286. The molecule has 0 saturated heterocycles. The molecule has 1 heterocycles. The molecular weight excluding hydrogens is 284 g/mol. The van der Waals surface area contributed by atoms with Crippen molar-refractivity contribution in [3.63, 3.8) is 0 Å². The maximum Gasteiger partial charge on any atom is 0.274 e. The van der Waals surface area contributed by atoms with Crippen LogP contribution in [-0.4, -0.2) is 17.0 Å². The van der Waals surface area contributed by atoms with Crippen LogP contribution in [0.2, 0.25) is 0 Å². The second kappa shape index (κ2) is 5.66. The first-order valence-electron chi connectivity index (χ1n) is 3.99. The average molecular weight is 293 g/mol. The molecule has 0 aliphatic rings. The van der Waals surface area contributed by atoms with Crippen LogP contribution >= 0.6 is 27.3 Å². The molecule has 0 aliphatic carbocycles. The van der Waals surface area contributed by atoms with E-state index >= 15 is 0 Å². The van der Waals surface area contributed by atoms with Gasteiger partial charge in [-0.2, -0.15) is 0 Å². The number of nitrogens with one attached hydrogen (secondary N) is 2. The summed E-state index contributed by atoms with van der Waals surface area (Å²) in [6.07, 6.45) is 2.59. The van der Waals surface area contributed by atoms with Crippen LogP contribution in [0.3, 0.4) is 0 Å². The Morgan fingerprint density at radius 3 is 3.07 bits per heavy atom. The number of nitro groups is 1. The Morgan fingerprint density at radius 2 is 2.60 bits per heavy atom. The Kier molecular flexibility index (Phi) is 4.50. The summed E-state index contributed by atoms with van der Waals surface area (Å²) in [6.45, 7) is 0.504. The predicted octanol–water partition coefficient (Wildman–Crippen LogP) is 1.29. The van der Waals surface area contributed by atoms with Crippen LogP contribution in [0.25, 0.3) is 0 Å². The van der Waals surface area contributed by atoms with Gasteiger partial charge in [-0.15, -0.1) is 11.3 Å². The quantitative estimate of drug-likeness (QED) is 0.631. The van der Waals surface area contributed by atoms with Gasteiger partial charge in [0.05, 0.1) is 11.5 Å². The van der Waals surface area contributed by atoms with E-state index in [4.69, 9.17) is 0 Å². The minimum Gasteiger partial charge on any atom is -0.370 e. The van der Waals surface area contributed by atoms with Crippen LogP contribution in [0.4, 0.5) is 0 Å². The molecule has 2 N–H and O–H groups in total. The van der Waals surface area contributed by atoms with Crippen molar-refractivity contribution in [3.05, 3.63) is 37.1 Å². The van der Waals surface area contributed by atoms with Crippen LogP contribution in [0.15, 0.2) is 22.1 Å². The summed E-state index contributed by atoms with van der Waals surface area (Å²) >= 11 is 4.71. The van der Waals surface area contributed by atoms with E-state index in [1.807, 2.05) is 0 Å². The number of halogens is 1. The molecule has 0 aliphatic heterocycles. The zero-order valence-electron chi connectivity index (χ0n) is 7.86. The molecule has 1 rings (SSSR count). The summed E-state index contributed by atoms with van der Waals surface area (Å²) in [6, 6.07) is 0. The van der Waals surface area contributed by atoms with Gasteiger partial charge in [-0.05, 0) is 15.9 Å². The van der Waals surface area contributed by atoms with Gasteiger partial charge in [0, 0.05) is 18.1 Å². The fourth-order valence-electron chi connectivity index (χ4n) is 0.852. The third-order valence-electron chi connectivity index (χ3n) is 1.48. The molecule has 0 fully saturated rings. The van der Waals surface area contributed by atoms with Crippen LogP contribution in [0.5, 0.6) is 0 Å². The highest BCUT2D eigenvalue weighted by Gasteiger charge is 2.02. The molecule has 0 bridgehead atoms. The Hall–Kier alpha value is -1.15. The van der Waals surface area contributed by atoms with E-state index in [-0.39, 0.29) is 0 Å². The van der Waals surface area contributed by atoms with Crippen molar-refractivity contribution in [2.24, 2.45) is 0 Å². The minimum absolute atomic E-state index is 0.365. The van der Waals surface area contributed by atoms with Crippen LogP contribution in [0, 0.1) is 10.1 Å². The molecule has 0 amide bonds. The van der Waals surface area contributed by atoms with E-state index in [0.29, 0.717) is 12.4 Å². The lowest BCUT2D eigenvalue weighted by Crippen LogP contribution is -2.23. The summed E-state index contributed by atoms with van der Waals surface area (Å²) in [5.74, 6) is 0.365. The Morgan fingerprint density at radius 1 is 1.87 bits per heavy atom. The molecule has 0 unspecified atom stereocenters. The van der Waals surface area contributed by atoms with Crippen molar-refractivity contribution in [1.82, 2.24) is 15.6 Å². The van der Waals surface area contributed by atoms with E-state index in [9.17, 15) is 10.1 Å². The lowest BCUT2D eigenvalue weighted by molar-refractivity contribution is -0.404. The number of thiazole rings is 1. The smallest absolute Gasteiger partial charge is 0.274 e. The molecule has 82 valence electrons. The second-order valence-corrected chi connectivity index (χ2v) is 4.90. The molecule has 0 saturated carbocycles. The molecule has 6 nitrogen and oxygen atoms in total. The largest absolute Gasteiger partial charge is 0.370 e.